The van der Waals surface area contributed by atoms with E-state index in [1.807, 2.05) is 60.7 Å². The van der Waals surface area contributed by atoms with Gasteiger partial charge in [-0.05, 0) is 34.7 Å². The third-order valence-electron chi connectivity index (χ3n) is 5.16. The molecule has 1 aliphatic heterocycles. The Morgan fingerprint density at radius 2 is 1.50 bits per heavy atom. The lowest BCUT2D eigenvalue weighted by atomic mass is 9.93. The fourth-order valence-electron chi connectivity index (χ4n) is 3.69. The summed E-state index contributed by atoms with van der Waals surface area (Å²) in [6, 6.07) is 22.6. The molecule has 0 saturated heterocycles. The monoisotopic (exact) mass is 403 g/mol. The van der Waals surface area contributed by atoms with Crippen LogP contribution in [0.15, 0.2) is 72.8 Å². The number of fused-ring (bicyclic) bond motifs is 1. The largest absolute Gasteiger partial charge is 0.479 e. The molecule has 30 heavy (non-hydrogen) atoms. The van der Waals surface area contributed by atoms with Gasteiger partial charge in [0.15, 0.2) is 6.10 Å². The fraction of sp³-hybridized carbons (Fsp3) is 0.167. The summed E-state index contributed by atoms with van der Waals surface area (Å²) in [7, 11) is 0. The maximum Gasteiger partial charge on any atom is 0.337 e. The van der Waals surface area contributed by atoms with Crippen molar-refractivity contribution in [2.75, 3.05) is 5.32 Å². The highest BCUT2D eigenvalue weighted by Crippen LogP contribution is 2.40. The molecule has 3 aromatic carbocycles. The fourth-order valence-corrected chi connectivity index (χ4v) is 3.69. The number of carbonyl (C=O) groups is 2. The topological polar surface area (TPSA) is 95.9 Å². The standard InChI is InChI=1S/C24H21NO5/c26-20-14-12-17-18(22(27)24(28)29)11-13-19(21(17)25-20)30-23(15-7-3-1-4-8-15)16-9-5-2-6-10-16/h1-11,13,22-23,27H,12,14H2,(H,25,26)(H,28,29). The van der Waals surface area contributed by atoms with Gasteiger partial charge < -0.3 is 20.3 Å². The second kappa shape index (κ2) is 8.39. The highest BCUT2D eigenvalue weighted by Gasteiger charge is 2.28. The van der Waals surface area contributed by atoms with Crippen LogP contribution in [0.5, 0.6) is 5.75 Å². The molecule has 1 unspecified atom stereocenters. The van der Waals surface area contributed by atoms with Gasteiger partial charge in [-0.3, -0.25) is 4.79 Å². The summed E-state index contributed by atoms with van der Waals surface area (Å²) in [5.41, 5.74) is 3.15. The number of aliphatic hydroxyl groups excluding tert-OH is 1. The zero-order valence-electron chi connectivity index (χ0n) is 16.1. The van der Waals surface area contributed by atoms with Crippen molar-refractivity contribution in [3.05, 3.63) is 95.1 Å². The van der Waals surface area contributed by atoms with E-state index in [-0.39, 0.29) is 17.9 Å². The van der Waals surface area contributed by atoms with Crippen molar-refractivity contribution in [2.45, 2.75) is 25.0 Å². The molecule has 4 rings (SSSR count). The van der Waals surface area contributed by atoms with Crippen molar-refractivity contribution >= 4 is 17.6 Å². The van der Waals surface area contributed by atoms with E-state index in [4.69, 9.17) is 4.74 Å². The molecule has 3 aromatic rings. The van der Waals surface area contributed by atoms with E-state index in [1.165, 1.54) is 0 Å². The highest BCUT2D eigenvalue weighted by atomic mass is 16.5. The van der Waals surface area contributed by atoms with E-state index in [0.717, 1.165) is 11.1 Å². The van der Waals surface area contributed by atoms with E-state index < -0.39 is 18.2 Å². The van der Waals surface area contributed by atoms with Crippen LogP contribution in [0.25, 0.3) is 0 Å². The van der Waals surface area contributed by atoms with Gasteiger partial charge in [0.05, 0.1) is 5.69 Å². The van der Waals surface area contributed by atoms with E-state index in [2.05, 4.69) is 5.32 Å². The molecule has 1 amide bonds. The van der Waals surface area contributed by atoms with Crippen LogP contribution in [-0.2, 0) is 16.0 Å². The number of amides is 1. The summed E-state index contributed by atoms with van der Waals surface area (Å²) in [6.45, 7) is 0. The van der Waals surface area contributed by atoms with Gasteiger partial charge in [0.2, 0.25) is 5.91 Å². The van der Waals surface area contributed by atoms with Gasteiger partial charge in [-0.15, -0.1) is 0 Å². The Balaban J connectivity index is 1.79. The zero-order chi connectivity index (χ0) is 21.1. The van der Waals surface area contributed by atoms with Crippen molar-refractivity contribution in [3.8, 4) is 5.75 Å². The SMILES string of the molecule is O=C1CCc2c(C(O)C(=O)O)ccc(OC(c3ccccc3)c3ccccc3)c2N1. The first-order valence-electron chi connectivity index (χ1n) is 9.67. The van der Waals surface area contributed by atoms with Crippen molar-refractivity contribution in [2.24, 2.45) is 0 Å². The molecule has 3 N–H and O–H groups in total. The van der Waals surface area contributed by atoms with Crippen LogP contribution in [0.1, 0.15) is 40.9 Å². The third kappa shape index (κ3) is 3.90. The van der Waals surface area contributed by atoms with Gasteiger partial charge in [0, 0.05) is 6.42 Å². The average molecular weight is 403 g/mol. The Hall–Kier alpha value is -3.64. The number of nitrogens with one attached hydrogen (secondary N) is 1. The molecule has 0 saturated carbocycles. The Morgan fingerprint density at radius 1 is 0.900 bits per heavy atom. The molecule has 0 aliphatic carbocycles. The minimum Gasteiger partial charge on any atom is -0.479 e. The van der Waals surface area contributed by atoms with Gasteiger partial charge in [-0.25, -0.2) is 4.79 Å². The number of hydrogen-bond acceptors (Lipinski definition) is 4. The molecule has 6 heteroatoms. The molecule has 0 spiro atoms. The van der Waals surface area contributed by atoms with Crippen LogP contribution in [0.2, 0.25) is 0 Å². The molecule has 0 aromatic heterocycles. The van der Waals surface area contributed by atoms with E-state index >= 15 is 0 Å². The number of carboxylic acid groups (broad SMARTS) is 1. The molecule has 6 nitrogen and oxygen atoms in total. The molecule has 152 valence electrons. The second-order valence-electron chi connectivity index (χ2n) is 7.11. The Labute approximate surface area is 173 Å². The minimum atomic E-state index is -1.66. The number of carbonyl (C=O) groups excluding carboxylic acids is 1. The quantitative estimate of drug-likeness (QED) is 0.581. The van der Waals surface area contributed by atoms with Crippen LogP contribution in [0.3, 0.4) is 0 Å². The molecule has 0 radical (unpaired) electrons. The van der Waals surface area contributed by atoms with Gasteiger partial charge in [-0.2, -0.15) is 0 Å². The zero-order valence-corrected chi connectivity index (χ0v) is 16.1. The van der Waals surface area contributed by atoms with Crippen LogP contribution in [-0.4, -0.2) is 22.1 Å². The van der Waals surface area contributed by atoms with Crippen molar-refractivity contribution in [3.63, 3.8) is 0 Å². The molecular weight excluding hydrogens is 382 g/mol. The first-order valence-corrected chi connectivity index (χ1v) is 9.67. The van der Waals surface area contributed by atoms with Crippen LogP contribution >= 0.6 is 0 Å². The number of aliphatic carboxylic acids is 1. The lowest BCUT2D eigenvalue weighted by Gasteiger charge is -2.27. The molecule has 1 atom stereocenters. The van der Waals surface area contributed by atoms with Crippen LogP contribution < -0.4 is 10.1 Å². The lowest BCUT2D eigenvalue weighted by Crippen LogP contribution is -2.23. The Bertz CT molecular complexity index is 1030. The summed E-state index contributed by atoms with van der Waals surface area (Å²) in [4.78, 5) is 23.4. The number of aliphatic hydroxyl groups is 1. The number of benzene rings is 3. The molecule has 1 aliphatic rings. The summed E-state index contributed by atoms with van der Waals surface area (Å²) in [6.07, 6.45) is -1.54. The molecule has 1 heterocycles. The number of ether oxygens (including phenoxy) is 1. The van der Waals surface area contributed by atoms with Crippen LogP contribution in [0, 0.1) is 0 Å². The smallest absolute Gasteiger partial charge is 0.337 e. The Morgan fingerprint density at radius 3 is 2.07 bits per heavy atom. The molecular formula is C24H21NO5. The normalized spacial score (nSPS) is 14.0. The van der Waals surface area contributed by atoms with Crippen molar-refractivity contribution < 1.29 is 24.5 Å². The van der Waals surface area contributed by atoms with E-state index in [9.17, 15) is 19.8 Å². The Kier molecular flexibility index (Phi) is 5.50. The van der Waals surface area contributed by atoms with Gasteiger partial charge >= 0.3 is 5.97 Å². The summed E-state index contributed by atoms with van der Waals surface area (Å²) >= 11 is 0. The second-order valence-corrected chi connectivity index (χ2v) is 7.11. The molecule has 0 bridgehead atoms. The maximum atomic E-state index is 12.1. The predicted octanol–water partition coefficient (Wildman–Crippen LogP) is 3.86. The number of carboxylic acids is 1. The average Bonchev–Trinajstić information content (AvgIpc) is 2.78. The van der Waals surface area contributed by atoms with Crippen molar-refractivity contribution in [1.82, 2.24) is 0 Å². The maximum absolute atomic E-state index is 12.1. The summed E-state index contributed by atoms with van der Waals surface area (Å²) in [5.74, 6) is -1.09. The first-order chi connectivity index (χ1) is 14.5. The predicted molar refractivity (Wildman–Crippen MR) is 111 cm³/mol. The van der Waals surface area contributed by atoms with Crippen LogP contribution in [0.4, 0.5) is 5.69 Å². The first kappa shape index (κ1) is 19.7. The van der Waals surface area contributed by atoms with Gasteiger partial charge in [0.25, 0.3) is 0 Å². The molecule has 0 fully saturated rings. The van der Waals surface area contributed by atoms with Gasteiger partial charge in [0.1, 0.15) is 11.9 Å². The van der Waals surface area contributed by atoms with Gasteiger partial charge in [-0.1, -0.05) is 66.7 Å². The summed E-state index contributed by atoms with van der Waals surface area (Å²) in [5, 5.41) is 22.1. The summed E-state index contributed by atoms with van der Waals surface area (Å²) < 4.78 is 6.38. The van der Waals surface area contributed by atoms with E-state index in [1.54, 1.807) is 12.1 Å². The highest BCUT2D eigenvalue weighted by molar-refractivity contribution is 5.96. The number of hydrogen-bond donors (Lipinski definition) is 3. The lowest BCUT2D eigenvalue weighted by molar-refractivity contribution is -0.147. The van der Waals surface area contributed by atoms with E-state index in [0.29, 0.717) is 23.4 Å². The number of anilines is 1. The number of rotatable bonds is 6. The van der Waals surface area contributed by atoms with Crippen molar-refractivity contribution in [1.29, 1.82) is 0 Å². The minimum absolute atomic E-state index is 0.176. The third-order valence-corrected chi connectivity index (χ3v) is 5.16.